The Kier molecular flexibility index (Phi) is 4.85. The van der Waals surface area contributed by atoms with Gasteiger partial charge in [-0.25, -0.2) is 4.79 Å². The minimum Gasteiger partial charge on any atom is -0.446 e. The second kappa shape index (κ2) is 6.83. The molecule has 1 heterocycles. The number of ether oxygens (including phenoxy) is 2. The van der Waals surface area contributed by atoms with Crippen LogP contribution >= 0.6 is 0 Å². The van der Waals surface area contributed by atoms with E-state index in [0.29, 0.717) is 18.8 Å². The summed E-state index contributed by atoms with van der Waals surface area (Å²) in [6, 6.07) is 5.50. The van der Waals surface area contributed by atoms with Crippen LogP contribution in [0, 0.1) is 10.1 Å². The van der Waals surface area contributed by atoms with Gasteiger partial charge < -0.3 is 14.8 Å². The van der Waals surface area contributed by atoms with Gasteiger partial charge >= 0.3 is 6.09 Å². The second-order valence-corrected chi connectivity index (χ2v) is 4.22. The summed E-state index contributed by atoms with van der Waals surface area (Å²) in [6.45, 7) is 2.19. The van der Waals surface area contributed by atoms with Gasteiger partial charge in [-0.15, -0.1) is 0 Å². The van der Waals surface area contributed by atoms with Crippen molar-refractivity contribution >= 4 is 17.5 Å². The number of non-ortho nitro benzene ring substituents is 1. The fraction of sp³-hybridized carbons (Fsp3) is 0.417. The van der Waals surface area contributed by atoms with E-state index in [1.165, 1.54) is 24.3 Å². The van der Waals surface area contributed by atoms with Gasteiger partial charge in [-0.3, -0.25) is 15.4 Å². The van der Waals surface area contributed by atoms with Crippen molar-refractivity contribution in [1.82, 2.24) is 5.32 Å². The van der Waals surface area contributed by atoms with Crippen LogP contribution in [0.4, 0.5) is 16.2 Å². The SMILES string of the molecule is O=C(Nc1ccc([N+](=O)[O-])cc1)OCC1CNCCO1. The third-order valence-corrected chi connectivity index (χ3v) is 2.73. The minimum absolute atomic E-state index is 0.0365. The fourth-order valence-corrected chi connectivity index (χ4v) is 1.72. The lowest BCUT2D eigenvalue weighted by atomic mass is 10.3. The zero-order chi connectivity index (χ0) is 14.4. The summed E-state index contributed by atoms with van der Waals surface area (Å²) in [5.74, 6) is 0. The van der Waals surface area contributed by atoms with Crippen LogP contribution in [-0.4, -0.2) is 43.4 Å². The molecule has 1 aromatic carbocycles. The molecule has 2 N–H and O–H groups in total. The Hall–Kier alpha value is -2.19. The predicted octanol–water partition coefficient (Wildman–Crippen LogP) is 1.13. The lowest BCUT2D eigenvalue weighted by Gasteiger charge is -2.23. The Bertz CT molecular complexity index is 470. The molecule has 20 heavy (non-hydrogen) atoms. The van der Waals surface area contributed by atoms with Crippen LogP contribution in [0.5, 0.6) is 0 Å². The van der Waals surface area contributed by atoms with Gasteiger partial charge in [0.15, 0.2) is 0 Å². The number of amides is 1. The molecule has 1 fully saturated rings. The summed E-state index contributed by atoms with van der Waals surface area (Å²) in [5, 5.41) is 16.1. The summed E-state index contributed by atoms with van der Waals surface area (Å²) in [7, 11) is 0. The summed E-state index contributed by atoms with van der Waals surface area (Å²) in [4.78, 5) is 21.5. The Morgan fingerprint density at radius 2 is 2.25 bits per heavy atom. The summed E-state index contributed by atoms with van der Waals surface area (Å²) < 4.78 is 10.4. The van der Waals surface area contributed by atoms with E-state index in [1.54, 1.807) is 0 Å². The predicted molar refractivity (Wildman–Crippen MR) is 70.7 cm³/mol. The lowest BCUT2D eigenvalue weighted by molar-refractivity contribution is -0.384. The van der Waals surface area contributed by atoms with Crippen LogP contribution in [0.25, 0.3) is 0 Å². The van der Waals surface area contributed by atoms with Gasteiger partial charge in [0, 0.05) is 30.9 Å². The number of morpholine rings is 1. The number of nitrogens with one attached hydrogen (secondary N) is 2. The number of anilines is 1. The molecule has 8 nitrogen and oxygen atoms in total. The van der Waals surface area contributed by atoms with Crippen LogP contribution in [0.1, 0.15) is 0 Å². The van der Waals surface area contributed by atoms with Crippen LogP contribution in [0.2, 0.25) is 0 Å². The van der Waals surface area contributed by atoms with E-state index in [4.69, 9.17) is 9.47 Å². The number of benzene rings is 1. The van der Waals surface area contributed by atoms with E-state index in [-0.39, 0.29) is 18.4 Å². The van der Waals surface area contributed by atoms with Crippen molar-refractivity contribution in [1.29, 1.82) is 0 Å². The molecular weight excluding hydrogens is 266 g/mol. The van der Waals surface area contributed by atoms with E-state index in [1.807, 2.05) is 0 Å². The molecule has 0 aliphatic carbocycles. The molecule has 2 rings (SSSR count). The largest absolute Gasteiger partial charge is 0.446 e. The van der Waals surface area contributed by atoms with Gasteiger partial charge in [0.05, 0.1) is 11.5 Å². The first-order valence-electron chi connectivity index (χ1n) is 6.16. The third kappa shape index (κ3) is 4.18. The van der Waals surface area contributed by atoms with E-state index in [2.05, 4.69) is 10.6 Å². The highest BCUT2D eigenvalue weighted by atomic mass is 16.6. The van der Waals surface area contributed by atoms with Crippen LogP contribution in [0.3, 0.4) is 0 Å². The molecule has 0 radical (unpaired) electrons. The first-order valence-corrected chi connectivity index (χ1v) is 6.16. The molecule has 1 amide bonds. The molecule has 0 spiro atoms. The maximum absolute atomic E-state index is 11.5. The number of carbonyl (C=O) groups is 1. The fourth-order valence-electron chi connectivity index (χ4n) is 1.72. The molecule has 1 atom stereocenters. The Balaban J connectivity index is 1.77. The van der Waals surface area contributed by atoms with Crippen LogP contribution < -0.4 is 10.6 Å². The second-order valence-electron chi connectivity index (χ2n) is 4.22. The van der Waals surface area contributed by atoms with Crippen molar-refractivity contribution in [2.24, 2.45) is 0 Å². The summed E-state index contributed by atoms with van der Waals surface area (Å²) in [6.07, 6.45) is -0.764. The molecule has 0 aromatic heterocycles. The summed E-state index contributed by atoms with van der Waals surface area (Å²) >= 11 is 0. The molecule has 1 aliphatic heterocycles. The first-order chi connectivity index (χ1) is 9.65. The topological polar surface area (TPSA) is 103 Å². The minimum atomic E-state index is -0.618. The lowest BCUT2D eigenvalue weighted by Crippen LogP contribution is -2.41. The average Bonchev–Trinajstić information content (AvgIpc) is 2.47. The molecule has 0 bridgehead atoms. The number of nitro groups is 1. The number of rotatable bonds is 4. The van der Waals surface area contributed by atoms with Crippen molar-refractivity contribution in [2.75, 3.05) is 31.6 Å². The van der Waals surface area contributed by atoms with Crippen molar-refractivity contribution < 1.29 is 19.2 Å². The number of hydrogen-bond acceptors (Lipinski definition) is 6. The maximum Gasteiger partial charge on any atom is 0.411 e. The molecule has 108 valence electrons. The van der Waals surface area contributed by atoms with Gasteiger partial charge in [0.1, 0.15) is 12.7 Å². The quantitative estimate of drug-likeness (QED) is 0.633. The number of carbonyl (C=O) groups excluding carboxylic acids is 1. The van der Waals surface area contributed by atoms with Gasteiger partial charge in [-0.2, -0.15) is 0 Å². The third-order valence-electron chi connectivity index (χ3n) is 2.73. The van der Waals surface area contributed by atoms with Crippen molar-refractivity contribution in [3.63, 3.8) is 0 Å². The Morgan fingerprint density at radius 3 is 2.85 bits per heavy atom. The van der Waals surface area contributed by atoms with Crippen molar-refractivity contribution in [2.45, 2.75) is 6.10 Å². The zero-order valence-corrected chi connectivity index (χ0v) is 10.7. The molecule has 0 saturated carbocycles. The summed E-state index contributed by atoms with van der Waals surface area (Å²) in [5.41, 5.74) is 0.397. The monoisotopic (exact) mass is 281 g/mol. The standard InChI is InChI=1S/C12H15N3O5/c16-12(20-8-11-7-13-5-6-19-11)14-9-1-3-10(4-2-9)15(17)18/h1-4,11,13H,5-8H2,(H,14,16). The van der Waals surface area contributed by atoms with E-state index >= 15 is 0 Å². The molecule has 1 aliphatic rings. The zero-order valence-electron chi connectivity index (χ0n) is 10.7. The van der Waals surface area contributed by atoms with Gasteiger partial charge in [0.2, 0.25) is 0 Å². The first kappa shape index (κ1) is 14.2. The molecule has 1 saturated heterocycles. The van der Waals surface area contributed by atoms with Gasteiger partial charge in [-0.05, 0) is 12.1 Å². The Morgan fingerprint density at radius 1 is 1.50 bits per heavy atom. The van der Waals surface area contributed by atoms with Crippen LogP contribution in [-0.2, 0) is 9.47 Å². The average molecular weight is 281 g/mol. The number of hydrogen-bond donors (Lipinski definition) is 2. The molecule has 1 aromatic rings. The van der Waals surface area contributed by atoms with Crippen LogP contribution in [0.15, 0.2) is 24.3 Å². The molecular formula is C12H15N3O5. The van der Waals surface area contributed by atoms with Gasteiger partial charge in [0.25, 0.3) is 5.69 Å². The smallest absolute Gasteiger partial charge is 0.411 e. The van der Waals surface area contributed by atoms with Gasteiger partial charge in [-0.1, -0.05) is 0 Å². The molecule has 1 unspecified atom stereocenters. The number of nitro benzene ring substituents is 1. The highest BCUT2D eigenvalue weighted by molar-refractivity contribution is 5.84. The van der Waals surface area contributed by atoms with E-state index in [9.17, 15) is 14.9 Å². The Labute approximate surface area is 115 Å². The van der Waals surface area contributed by atoms with E-state index in [0.717, 1.165) is 6.54 Å². The molecule has 8 heteroatoms. The van der Waals surface area contributed by atoms with E-state index < -0.39 is 11.0 Å². The van der Waals surface area contributed by atoms with Crippen molar-refractivity contribution in [3.05, 3.63) is 34.4 Å². The normalized spacial score (nSPS) is 18.3. The number of nitrogens with zero attached hydrogens (tertiary/aromatic N) is 1. The van der Waals surface area contributed by atoms with Crippen molar-refractivity contribution in [3.8, 4) is 0 Å². The maximum atomic E-state index is 11.5. The highest BCUT2D eigenvalue weighted by Crippen LogP contribution is 2.15. The highest BCUT2D eigenvalue weighted by Gasteiger charge is 2.15.